The summed E-state index contributed by atoms with van der Waals surface area (Å²) in [6, 6.07) is 11.6. The van der Waals surface area contributed by atoms with Gasteiger partial charge in [0.2, 0.25) is 0 Å². The van der Waals surface area contributed by atoms with Crippen LogP contribution < -0.4 is 10.3 Å². The smallest absolute Gasteiger partial charge is 0.446 e. The minimum Gasteiger partial charge on any atom is -0.494 e. The molecule has 1 heterocycles. The van der Waals surface area contributed by atoms with Crippen LogP contribution >= 0.6 is 11.8 Å². The van der Waals surface area contributed by atoms with Gasteiger partial charge < -0.3 is 9.72 Å². The van der Waals surface area contributed by atoms with Crippen LogP contribution in [0.2, 0.25) is 0 Å². The van der Waals surface area contributed by atoms with E-state index in [1.165, 1.54) is 31.4 Å². The molecule has 2 aromatic carbocycles. The number of carbonyl (C=O) groups excluding carboxylic acids is 1. The highest BCUT2D eigenvalue weighted by atomic mass is 32.2. The third-order valence-electron chi connectivity index (χ3n) is 5.80. The van der Waals surface area contributed by atoms with Gasteiger partial charge in [0, 0.05) is 23.8 Å². The summed E-state index contributed by atoms with van der Waals surface area (Å²) in [5.41, 5.74) is -3.53. The molecule has 0 bridgehead atoms. The first-order valence-electron chi connectivity index (χ1n) is 10.9. The van der Waals surface area contributed by atoms with Gasteiger partial charge >= 0.3 is 5.51 Å². The lowest BCUT2D eigenvalue weighted by atomic mass is 9.88. The van der Waals surface area contributed by atoms with Gasteiger partial charge in [-0.2, -0.15) is 13.2 Å². The number of nitrogens with one attached hydrogen (secondary N) is 1. The van der Waals surface area contributed by atoms with Gasteiger partial charge in [-0.1, -0.05) is 18.2 Å². The summed E-state index contributed by atoms with van der Waals surface area (Å²) in [5, 5.41) is 0. The maximum atomic E-state index is 14.0. The van der Waals surface area contributed by atoms with Crippen LogP contribution in [-0.2, 0) is 6.42 Å². The molecule has 184 valence electrons. The highest BCUT2D eigenvalue weighted by Crippen LogP contribution is 2.45. The highest BCUT2D eigenvalue weighted by molar-refractivity contribution is 8.00. The SMILES string of the molecule is COc1ccc(Cc2nc(C(=O)C[C@@H](c3ccc(SC(F)(F)F)cc3)C3CC3)cc(=O)[nH]2)cc1F. The fraction of sp³-hybridized carbons (Fsp3) is 0.320. The fourth-order valence-corrected chi connectivity index (χ4v) is 4.56. The number of nitrogens with zero attached hydrogens (tertiary/aromatic N) is 1. The summed E-state index contributed by atoms with van der Waals surface area (Å²) in [7, 11) is 1.36. The van der Waals surface area contributed by atoms with Crippen molar-refractivity contribution in [3.05, 3.63) is 87.3 Å². The number of carbonyl (C=O) groups is 1. The quantitative estimate of drug-likeness (QED) is 0.223. The Bertz CT molecular complexity index is 1270. The number of aromatic nitrogens is 2. The third kappa shape index (κ3) is 6.72. The number of hydrogen-bond donors (Lipinski definition) is 1. The van der Waals surface area contributed by atoms with E-state index >= 15 is 0 Å². The number of Topliss-reactive ketones (excluding diaryl/α,β-unsaturated/α-hetero) is 1. The first-order valence-corrected chi connectivity index (χ1v) is 11.7. The van der Waals surface area contributed by atoms with Crippen molar-refractivity contribution in [2.24, 2.45) is 5.92 Å². The number of rotatable bonds is 9. The van der Waals surface area contributed by atoms with Crippen LogP contribution in [0.25, 0.3) is 0 Å². The lowest BCUT2D eigenvalue weighted by molar-refractivity contribution is -0.0328. The number of thioether (sulfide) groups is 1. The summed E-state index contributed by atoms with van der Waals surface area (Å²) < 4.78 is 56.7. The zero-order chi connectivity index (χ0) is 25.2. The summed E-state index contributed by atoms with van der Waals surface area (Å²) in [6.07, 6.45) is 2.05. The van der Waals surface area contributed by atoms with Crippen molar-refractivity contribution in [3.8, 4) is 5.75 Å². The van der Waals surface area contributed by atoms with Crippen LogP contribution in [0, 0.1) is 11.7 Å². The molecule has 0 radical (unpaired) electrons. The molecule has 1 fully saturated rings. The van der Waals surface area contributed by atoms with Crippen molar-refractivity contribution in [1.29, 1.82) is 0 Å². The molecule has 4 rings (SSSR count). The van der Waals surface area contributed by atoms with Crippen molar-refractivity contribution >= 4 is 17.5 Å². The van der Waals surface area contributed by atoms with E-state index in [1.54, 1.807) is 18.2 Å². The van der Waals surface area contributed by atoms with E-state index in [9.17, 15) is 27.2 Å². The number of alkyl halides is 3. The van der Waals surface area contributed by atoms with Crippen molar-refractivity contribution < 1.29 is 27.1 Å². The first-order chi connectivity index (χ1) is 16.6. The number of benzene rings is 2. The topological polar surface area (TPSA) is 72.0 Å². The molecule has 0 unspecified atom stereocenters. The average molecular weight is 507 g/mol. The molecule has 0 amide bonds. The zero-order valence-electron chi connectivity index (χ0n) is 18.7. The lowest BCUT2D eigenvalue weighted by Crippen LogP contribution is -2.18. The van der Waals surface area contributed by atoms with E-state index in [1.807, 2.05) is 0 Å². The molecular weight excluding hydrogens is 484 g/mol. The van der Waals surface area contributed by atoms with Gasteiger partial charge in [-0.15, -0.1) is 0 Å². The van der Waals surface area contributed by atoms with Crippen LogP contribution in [0.15, 0.2) is 58.2 Å². The van der Waals surface area contributed by atoms with Gasteiger partial charge in [0.15, 0.2) is 17.3 Å². The van der Waals surface area contributed by atoms with Crippen molar-refractivity contribution in [2.45, 2.75) is 42.0 Å². The molecular formula is C25H22F4N2O3S. The van der Waals surface area contributed by atoms with Crippen molar-refractivity contribution in [3.63, 3.8) is 0 Å². The molecule has 1 saturated carbocycles. The van der Waals surface area contributed by atoms with E-state index in [2.05, 4.69) is 9.97 Å². The Morgan fingerprint density at radius 3 is 2.49 bits per heavy atom. The number of methoxy groups -OCH3 is 1. The third-order valence-corrected chi connectivity index (χ3v) is 6.54. The number of aromatic amines is 1. The molecule has 3 aromatic rings. The molecule has 0 spiro atoms. The molecule has 1 N–H and O–H groups in total. The second kappa shape index (κ2) is 10.2. The Hall–Kier alpha value is -3.14. The van der Waals surface area contributed by atoms with Crippen molar-refractivity contribution in [1.82, 2.24) is 9.97 Å². The van der Waals surface area contributed by atoms with E-state index < -0.39 is 16.9 Å². The van der Waals surface area contributed by atoms with Crippen LogP contribution in [0.1, 0.15) is 52.6 Å². The summed E-state index contributed by atoms with van der Waals surface area (Å²) >= 11 is -0.183. The number of ketones is 1. The number of ether oxygens (including phenoxy) is 1. The summed E-state index contributed by atoms with van der Waals surface area (Å²) in [4.78, 5) is 32.2. The second-order valence-corrected chi connectivity index (χ2v) is 9.55. The van der Waals surface area contributed by atoms with Gasteiger partial charge in [-0.3, -0.25) is 9.59 Å². The molecule has 1 aliphatic rings. The van der Waals surface area contributed by atoms with E-state index in [-0.39, 0.29) is 64.4 Å². The van der Waals surface area contributed by atoms with Crippen molar-refractivity contribution in [2.75, 3.05) is 7.11 Å². The molecule has 5 nitrogen and oxygen atoms in total. The number of halogens is 4. The monoisotopic (exact) mass is 506 g/mol. The van der Waals surface area contributed by atoms with Gasteiger partial charge in [0.05, 0.1) is 7.11 Å². The van der Waals surface area contributed by atoms with E-state index in [4.69, 9.17) is 4.74 Å². The predicted molar refractivity (Wildman–Crippen MR) is 123 cm³/mol. The largest absolute Gasteiger partial charge is 0.494 e. The standard InChI is InChI=1S/C25H22F4N2O3S/c1-34-22-9-2-14(10-19(22)26)11-23-30-20(13-24(33)31-23)21(32)12-18(15-3-4-15)16-5-7-17(8-6-16)35-25(27,28)29/h2,5-10,13,15,18H,3-4,11-12H2,1H3,(H,30,31,33)/t18-/m1/s1. The Balaban J connectivity index is 1.51. The Labute approximate surface area is 202 Å². The minimum absolute atomic E-state index is 0.00707. The first kappa shape index (κ1) is 25.0. The maximum absolute atomic E-state index is 14.0. The van der Waals surface area contributed by atoms with Crippen LogP contribution in [0.3, 0.4) is 0 Å². The number of hydrogen-bond acceptors (Lipinski definition) is 5. The molecule has 1 atom stereocenters. The molecule has 1 aromatic heterocycles. The van der Waals surface area contributed by atoms with Gasteiger partial charge in [0.1, 0.15) is 11.5 Å². The lowest BCUT2D eigenvalue weighted by Gasteiger charge is -2.17. The molecule has 1 aliphatic carbocycles. The van der Waals surface area contributed by atoms with Gasteiger partial charge in [-0.25, -0.2) is 9.37 Å². The minimum atomic E-state index is -4.37. The normalized spacial score (nSPS) is 14.5. The average Bonchev–Trinajstić information content (AvgIpc) is 3.62. The summed E-state index contributed by atoms with van der Waals surface area (Å²) in [6.45, 7) is 0. The molecule has 0 saturated heterocycles. The second-order valence-electron chi connectivity index (χ2n) is 8.41. The summed E-state index contributed by atoms with van der Waals surface area (Å²) in [5.74, 6) is -0.482. The maximum Gasteiger partial charge on any atom is 0.446 e. The zero-order valence-corrected chi connectivity index (χ0v) is 19.5. The van der Waals surface area contributed by atoms with Gasteiger partial charge in [-0.05, 0) is 71.8 Å². The predicted octanol–water partition coefficient (Wildman–Crippen LogP) is 5.89. The van der Waals surface area contributed by atoms with Crippen LogP contribution in [0.4, 0.5) is 17.6 Å². The molecule has 35 heavy (non-hydrogen) atoms. The highest BCUT2D eigenvalue weighted by Gasteiger charge is 2.35. The number of H-pyrrole nitrogens is 1. The van der Waals surface area contributed by atoms with Crippen LogP contribution in [-0.4, -0.2) is 28.4 Å². The molecule has 0 aliphatic heterocycles. The fourth-order valence-electron chi connectivity index (χ4n) is 4.02. The Morgan fingerprint density at radius 1 is 1.17 bits per heavy atom. The van der Waals surface area contributed by atoms with E-state index in [0.29, 0.717) is 5.56 Å². The van der Waals surface area contributed by atoms with E-state index in [0.717, 1.165) is 24.5 Å². The van der Waals surface area contributed by atoms with Crippen LogP contribution in [0.5, 0.6) is 5.75 Å². The Morgan fingerprint density at radius 2 is 1.89 bits per heavy atom. The molecule has 10 heteroatoms. The Kier molecular flexibility index (Phi) is 7.30. The van der Waals surface area contributed by atoms with Gasteiger partial charge in [0.25, 0.3) is 5.56 Å².